The molecule has 0 fully saturated rings. The molecule has 1 amide bonds. The third-order valence-corrected chi connectivity index (χ3v) is 3.15. The van der Waals surface area contributed by atoms with Crippen LogP contribution in [0.5, 0.6) is 0 Å². The molecule has 2 aromatic carbocycles. The van der Waals surface area contributed by atoms with Gasteiger partial charge in [-0.2, -0.15) is 0 Å². The van der Waals surface area contributed by atoms with Crippen molar-refractivity contribution < 1.29 is 9.18 Å². The van der Waals surface area contributed by atoms with Gasteiger partial charge in [0.2, 0.25) is 5.91 Å². The Morgan fingerprint density at radius 2 is 1.85 bits per heavy atom. The number of carbonyl (C=O) groups excluding carboxylic acids is 1. The van der Waals surface area contributed by atoms with E-state index in [0.29, 0.717) is 11.3 Å². The van der Waals surface area contributed by atoms with Gasteiger partial charge in [-0.15, -0.1) is 0 Å². The number of carbonyl (C=O) groups is 1. The lowest BCUT2D eigenvalue weighted by atomic mass is 10.1. The highest BCUT2D eigenvalue weighted by molar-refractivity contribution is 5.79. The smallest absolute Gasteiger partial charge is 0.225 e. The van der Waals surface area contributed by atoms with Crippen molar-refractivity contribution in [3.63, 3.8) is 0 Å². The molecule has 4 heteroatoms. The zero-order valence-electron chi connectivity index (χ0n) is 11.3. The van der Waals surface area contributed by atoms with Gasteiger partial charge in [0.1, 0.15) is 5.82 Å². The molecule has 3 nitrogen and oxygen atoms in total. The molecular weight excluding hydrogens is 255 g/mol. The lowest BCUT2D eigenvalue weighted by Gasteiger charge is -2.16. The van der Waals surface area contributed by atoms with Crippen molar-refractivity contribution in [2.24, 2.45) is 0 Å². The van der Waals surface area contributed by atoms with Gasteiger partial charge in [-0.3, -0.25) is 4.79 Å². The number of rotatable bonds is 4. The summed E-state index contributed by atoms with van der Waals surface area (Å²) < 4.78 is 13.5. The zero-order valence-corrected chi connectivity index (χ0v) is 11.3. The van der Waals surface area contributed by atoms with E-state index >= 15 is 0 Å². The van der Waals surface area contributed by atoms with Crippen molar-refractivity contribution in [2.75, 3.05) is 5.73 Å². The third-order valence-electron chi connectivity index (χ3n) is 3.15. The number of hydrogen-bond acceptors (Lipinski definition) is 2. The van der Waals surface area contributed by atoms with E-state index in [0.717, 1.165) is 5.56 Å². The molecule has 1 unspecified atom stereocenters. The Morgan fingerprint density at radius 1 is 1.20 bits per heavy atom. The highest BCUT2D eigenvalue weighted by Gasteiger charge is 2.13. The van der Waals surface area contributed by atoms with Crippen LogP contribution in [0.2, 0.25) is 0 Å². The van der Waals surface area contributed by atoms with Crippen LogP contribution in [0.1, 0.15) is 24.1 Å². The maximum Gasteiger partial charge on any atom is 0.225 e. The monoisotopic (exact) mass is 272 g/mol. The predicted molar refractivity (Wildman–Crippen MR) is 77.5 cm³/mol. The maximum absolute atomic E-state index is 13.5. The molecule has 3 N–H and O–H groups in total. The average Bonchev–Trinajstić information content (AvgIpc) is 2.41. The molecule has 0 spiro atoms. The van der Waals surface area contributed by atoms with E-state index in [1.54, 1.807) is 24.3 Å². The number of nitrogens with one attached hydrogen (secondary N) is 1. The SMILES string of the molecule is CC(NC(=O)Cc1ccccc1F)c1ccccc1N. The minimum atomic E-state index is -0.366. The van der Waals surface area contributed by atoms with E-state index in [-0.39, 0.29) is 24.2 Å². The van der Waals surface area contributed by atoms with Crippen LogP contribution in [0.15, 0.2) is 48.5 Å². The lowest BCUT2D eigenvalue weighted by molar-refractivity contribution is -0.121. The van der Waals surface area contributed by atoms with Gasteiger partial charge in [-0.1, -0.05) is 36.4 Å². The lowest BCUT2D eigenvalue weighted by Crippen LogP contribution is -2.28. The van der Waals surface area contributed by atoms with Crippen molar-refractivity contribution in [2.45, 2.75) is 19.4 Å². The van der Waals surface area contributed by atoms with Gasteiger partial charge in [-0.05, 0) is 30.2 Å². The molecule has 0 heterocycles. The highest BCUT2D eigenvalue weighted by atomic mass is 19.1. The summed E-state index contributed by atoms with van der Waals surface area (Å²) in [6.07, 6.45) is 0.0176. The minimum absolute atomic E-state index is 0.0176. The summed E-state index contributed by atoms with van der Waals surface area (Å²) in [5.41, 5.74) is 7.74. The van der Waals surface area contributed by atoms with Crippen LogP contribution in [-0.4, -0.2) is 5.91 Å². The molecule has 2 aromatic rings. The number of hydrogen-bond donors (Lipinski definition) is 2. The first-order valence-corrected chi connectivity index (χ1v) is 6.45. The van der Waals surface area contributed by atoms with Crippen molar-refractivity contribution in [1.29, 1.82) is 0 Å². The van der Waals surface area contributed by atoms with Crippen LogP contribution in [0.3, 0.4) is 0 Å². The quantitative estimate of drug-likeness (QED) is 0.841. The van der Waals surface area contributed by atoms with E-state index in [4.69, 9.17) is 5.73 Å². The van der Waals surface area contributed by atoms with Crippen molar-refractivity contribution in [3.8, 4) is 0 Å². The van der Waals surface area contributed by atoms with Gasteiger partial charge < -0.3 is 11.1 Å². The second-order valence-corrected chi connectivity index (χ2v) is 4.69. The van der Waals surface area contributed by atoms with E-state index in [1.165, 1.54) is 6.07 Å². The van der Waals surface area contributed by atoms with E-state index in [9.17, 15) is 9.18 Å². The van der Waals surface area contributed by atoms with Crippen LogP contribution in [0.25, 0.3) is 0 Å². The van der Waals surface area contributed by atoms with Crippen LogP contribution in [-0.2, 0) is 11.2 Å². The molecule has 0 aromatic heterocycles. The van der Waals surface area contributed by atoms with Crippen LogP contribution in [0.4, 0.5) is 10.1 Å². The first-order chi connectivity index (χ1) is 9.58. The molecule has 0 aliphatic rings. The second-order valence-electron chi connectivity index (χ2n) is 4.69. The molecule has 20 heavy (non-hydrogen) atoms. The fraction of sp³-hybridized carbons (Fsp3) is 0.188. The fourth-order valence-electron chi connectivity index (χ4n) is 2.09. The molecule has 0 bridgehead atoms. The molecule has 0 saturated carbocycles. The number of benzene rings is 2. The predicted octanol–water partition coefficient (Wildman–Crippen LogP) is 2.83. The first kappa shape index (κ1) is 14.1. The van der Waals surface area contributed by atoms with Crippen molar-refractivity contribution in [1.82, 2.24) is 5.32 Å². The van der Waals surface area contributed by atoms with Gasteiger partial charge in [0.25, 0.3) is 0 Å². The molecule has 0 radical (unpaired) electrons. The number of anilines is 1. The molecule has 0 aliphatic heterocycles. The van der Waals surface area contributed by atoms with E-state index in [2.05, 4.69) is 5.32 Å². The highest BCUT2D eigenvalue weighted by Crippen LogP contribution is 2.19. The third kappa shape index (κ3) is 3.35. The van der Waals surface area contributed by atoms with E-state index < -0.39 is 0 Å². The Labute approximate surface area is 117 Å². The second kappa shape index (κ2) is 6.19. The molecule has 104 valence electrons. The Morgan fingerprint density at radius 3 is 2.55 bits per heavy atom. The first-order valence-electron chi connectivity index (χ1n) is 6.45. The Hall–Kier alpha value is -2.36. The molecular formula is C16H17FN2O. The summed E-state index contributed by atoms with van der Waals surface area (Å²) in [7, 11) is 0. The van der Waals surface area contributed by atoms with Crippen LogP contribution in [0, 0.1) is 5.82 Å². The Balaban J connectivity index is 2.02. The number of nitrogens with two attached hydrogens (primary N) is 1. The van der Waals surface area contributed by atoms with Crippen LogP contribution >= 0.6 is 0 Å². The fourth-order valence-corrected chi connectivity index (χ4v) is 2.09. The summed E-state index contributed by atoms with van der Waals surface area (Å²) in [5.74, 6) is -0.597. The normalized spacial score (nSPS) is 11.9. The zero-order chi connectivity index (χ0) is 14.5. The molecule has 1 atom stereocenters. The average molecular weight is 272 g/mol. The number of para-hydroxylation sites is 1. The molecule has 0 saturated heterocycles. The number of nitrogen functional groups attached to an aromatic ring is 1. The topological polar surface area (TPSA) is 55.1 Å². The summed E-state index contributed by atoms with van der Waals surface area (Å²) in [4.78, 5) is 11.9. The number of amides is 1. The van der Waals surface area contributed by atoms with Gasteiger partial charge in [0, 0.05) is 5.69 Å². The summed E-state index contributed by atoms with van der Waals surface area (Å²) in [5, 5.41) is 2.83. The molecule has 0 aliphatic carbocycles. The number of halogens is 1. The largest absolute Gasteiger partial charge is 0.398 e. The summed E-state index contributed by atoms with van der Waals surface area (Å²) >= 11 is 0. The van der Waals surface area contributed by atoms with Gasteiger partial charge in [0.15, 0.2) is 0 Å². The Bertz CT molecular complexity index is 613. The Kier molecular flexibility index (Phi) is 4.35. The van der Waals surface area contributed by atoms with Gasteiger partial charge >= 0.3 is 0 Å². The molecule has 2 rings (SSSR count). The van der Waals surface area contributed by atoms with Crippen molar-refractivity contribution in [3.05, 3.63) is 65.5 Å². The maximum atomic E-state index is 13.5. The standard InChI is InChI=1S/C16H17FN2O/c1-11(13-7-3-5-9-15(13)18)19-16(20)10-12-6-2-4-8-14(12)17/h2-9,11H,10,18H2,1H3,(H,19,20). The summed E-state index contributed by atoms with van der Waals surface area (Å²) in [6, 6.07) is 13.4. The minimum Gasteiger partial charge on any atom is -0.398 e. The van der Waals surface area contributed by atoms with E-state index in [1.807, 2.05) is 25.1 Å². The van der Waals surface area contributed by atoms with Gasteiger partial charge in [0.05, 0.1) is 12.5 Å². The van der Waals surface area contributed by atoms with Crippen molar-refractivity contribution >= 4 is 11.6 Å². The van der Waals surface area contributed by atoms with Crippen LogP contribution < -0.4 is 11.1 Å². The van der Waals surface area contributed by atoms with Gasteiger partial charge in [-0.25, -0.2) is 4.39 Å². The summed E-state index contributed by atoms with van der Waals surface area (Å²) in [6.45, 7) is 1.85.